The number of hydrogen-bond donors (Lipinski definition) is 1. The number of fused-ring (bicyclic) bond motifs is 1. The molecule has 2 aromatic heterocycles. The number of amides is 1. The number of carbonyl (C=O) groups is 1. The van der Waals surface area contributed by atoms with Gasteiger partial charge >= 0.3 is 6.18 Å². The summed E-state index contributed by atoms with van der Waals surface area (Å²) < 4.78 is 41.9. The van der Waals surface area contributed by atoms with Crippen LogP contribution in [0.2, 0.25) is 0 Å². The minimum absolute atomic E-state index is 0.174. The van der Waals surface area contributed by atoms with Crippen molar-refractivity contribution in [2.75, 3.05) is 5.32 Å². The van der Waals surface area contributed by atoms with E-state index in [9.17, 15) is 18.0 Å². The normalized spacial score (nSPS) is 12.8. The molecule has 10 heteroatoms. The molecule has 0 radical (unpaired) electrons. The average molecular weight is 506 g/mol. The largest absolute Gasteiger partial charge is 0.436 e. The van der Waals surface area contributed by atoms with Crippen molar-refractivity contribution in [2.45, 2.75) is 32.6 Å². The van der Waals surface area contributed by atoms with Crippen molar-refractivity contribution in [1.82, 2.24) is 19.6 Å². The first-order valence-corrected chi connectivity index (χ1v) is 10.6. The maximum absolute atomic E-state index is 13.1. The summed E-state index contributed by atoms with van der Waals surface area (Å²) in [6.07, 6.45) is -1.43. The molecule has 1 unspecified atom stereocenters. The van der Waals surface area contributed by atoms with Gasteiger partial charge in [-0.2, -0.15) is 23.4 Å². The van der Waals surface area contributed by atoms with Crippen molar-refractivity contribution in [2.24, 2.45) is 0 Å². The second-order valence-electron chi connectivity index (χ2n) is 7.42. The topological polar surface area (TPSA) is 64.7 Å². The minimum atomic E-state index is -4.62. The molecule has 0 bridgehead atoms. The average Bonchev–Trinajstić information content (AvgIpc) is 3.31. The number of nitrogens with one attached hydrogen (secondary N) is 1. The first-order chi connectivity index (χ1) is 15.1. The van der Waals surface area contributed by atoms with Crippen LogP contribution in [-0.4, -0.2) is 25.5 Å². The van der Waals surface area contributed by atoms with Gasteiger partial charge in [0.15, 0.2) is 5.69 Å². The number of alkyl halides is 3. The molecule has 1 amide bonds. The molecule has 0 aliphatic rings. The highest BCUT2D eigenvalue weighted by molar-refractivity contribution is 9.10. The lowest BCUT2D eigenvalue weighted by atomic mass is 10.0. The van der Waals surface area contributed by atoms with Crippen LogP contribution in [0.1, 0.15) is 29.9 Å². The van der Waals surface area contributed by atoms with Crippen molar-refractivity contribution in [3.05, 3.63) is 76.3 Å². The maximum atomic E-state index is 13.1. The van der Waals surface area contributed by atoms with E-state index >= 15 is 0 Å². The molecule has 166 valence electrons. The molecular weight excluding hydrogens is 487 g/mol. The van der Waals surface area contributed by atoms with Gasteiger partial charge in [-0.05, 0) is 46.1 Å². The van der Waals surface area contributed by atoms with Gasteiger partial charge in [-0.15, -0.1) is 0 Å². The molecule has 0 saturated carbocycles. The van der Waals surface area contributed by atoms with Crippen LogP contribution >= 0.6 is 15.9 Å². The van der Waals surface area contributed by atoms with E-state index in [-0.39, 0.29) is 10.2 Å². The Bertz CT molecular complexity index is 1290. The Morgan fingerprint density at radius 1 is 1.19 bits per heavy atom. The van der Waals surface area contributed by atoms with Gasteiger partial charge < -0.3 is 5.32 Å². The van der Waals surface area contributed by atoms with Crippen LogP contribution in [0.3, 0.4) is 0 Å². The van der Waals surface area contributed by atoms with Crippen LogP contribution in [0.25, 0.3) is 10.8 Å². The second kappa shape index (κ2) is 8.42. The summed E-state index contributed by atoms with van der Waals surface area (Å²) in [5.74, 6) is -0.499. The molecule has 0 saturated heterocycles. The van der Waals surface area contributed by atoms with Crippen molar-refractivity contribution in [1.29, 1.82) is 0 Å². The molecule has 0 spiro atoms. The summed E-state index contributed by atoms with van der Waals surface area (Å²) in [4.78, 5) is 12.7. The number of hydrogen-bond acceptors (Lipinski definition) is 3. The molecule has 1 N–H and O–H groups in total. The lowest BCUT2D eigenvalue weighted by Gasteiger charge is -2.13. The molecule has 6 nitrogen and oxygen atoms in total. The zero-order valence-corrected chi connectivity index (χ0v) is 18.8. The van der Waals surface area contributed by atoms with E-state index in [4.69, 9.17) is 0 Å². The Hall–Kier alpha value is -3.14. The highest BCUT2D eigenvalue weighted by atomic mass is 79.9. The molecule has 0 fully saturated rings. The zero-order chi connectivity index (χ0) is 23.0. The summed E-state index contributed by atoms with van der Waals surface area (Å²) in [7, 11) is 0. The Kier molecular flexibility index (Phi) is 5.81. The van der Waals surface area contributed by atoms with E-state index in [0.29, 0.717) is 12.2 Å². The van der Waals surface area contributed by atoms with E-state index in [1.54, 1.807) is 10.9 Å². The minimum Gasteiger partial charge on any atom is -0.322 e. The van der Waals surface area contributed by atoms with Crippen LogP contribution < -0.4 is 5.32 Å². The van der Waals surface area contributed by atoms with Gasteiger partial charge in [0.1, 0.15) is 6.04 Å². The highest BCUT2D eigenvalue weighted by Gasteiger charge is 2.39. The van der Waals surface area contributed by atoms with Gasteiger partial charge in [0.05, 0.1) is 28.6 Å². The van der Waals surface area contributed by atoms with Crippen LogP contribution in [0.5, 0.6) is 0 Å². The number of carbonyl (C=O) groups excluding carboxylic acids is 1. The fraction of sp³-hybridized carbons (Fsp3) is 0.227. The van der Waals surface area contributed by atoms with Crippen LogP contribution in [0.15, 0.2) is 59.3 Å². The van der Waals surface area contributed by atoms with E-state index < -0.39 is 23.8 Å². The summed E-state index contributed by atoms with van der Waals surface area (Å²) in [5.41, 5.74) is 0.681. The number of aromatic nitrogens is 4. The van der Waals surface area contributed by atoms with Gasteiger partial charge in [0.25, 0.3) is 0 Å². The van der Waals surface area contributed by atoms with Crippen LogP contribution in [0.4, 0.5) is 18.9 Å². The highest BCUT2D eigenvalue weighted by Crippen LogP contribution is 2.36. The third-order valence-corrected chi connectivity index (χ3v) is 6.15. The first-order valence-electron chi connectivity index (χ1n) is 9.77. The van der Waals surface area contributed by atoms with Gasteiger partial charge in [0, 0.05) is 6.20 Å². The SMILES string of the molecule is Cc1c(Br)c(C(F)(F)F)nn1C(C)C(=O)Nc1cnn(Cc2cccc3ccccc23)c1. The molecule has 2 heterocycles. The molecule has 0 aliphatic carbocycles. The number of rotatable bonds is 5. The Morgan fingerprint density at radius 2 is 1.91 bits per heavy atom. The Labute approximate surface area is 190 Å². The van der Waals surface area contributed by atoms with E-state index in [1.807, 2.05) is 42.5 Å². The quantitative estimate of drug-likeness (QED) is 0.385. The lowest BCUT2D eigenvalue weighted by molar-refractivity contribution is -0.142. The zero-order valence-electron chi connectivity index (χ0n) is 17.2. The summed E-state index contributed by atoms with van der Waals surface area (Å²) in [6.45, 7) is 3.47. The molecule has 0 aliphatic heterocycles. The van der Waals surface area contributed by atoms with E-state index in [1.165, 1.54) is 20.0 Å². The predicted molar refractivity (Wildman–Crippen MR) is 118 cm³/mol. The molecular formula is C22H19BrF3N5O. The smallest absolute Gasteiger partial charge is 0.322 e. The molecule has 4 aromatic rings. The predicted octanol–water partition coefficient (Wildman–Crippen LogP) is 5.57. The molecule has 2 aromatic carbocycles. The third-order valence-electron chi connectivity index (χ3n) is 5.20. The number of benzene rings is 2. The van der Waals surface area contributed by atoms with Crippen molar-refractivity contribution in [3.8, 4) is 0 Å². The fourth-order valence-electron chi connectivity index (χ4n) is 3.53. The fourth-order valence-corrected chi connectivity index (χ4v) is 4.02. The van der Waals surface area contributed by atoms with Gasteiger partial charge in [0.2, 0.25) is 5.91 Å². The van der Waals surface area contributed by atoms with Gasteiger partial charge in [-0.1, -0.05) is 42.5 Å². The lowest BCUT2D eigenvalue weighted by Crippen LogP contribution is -2.25. The van der Waals surface area contributed by atoms with E-state index in [0.717, 1.165) is 21.0 Å². The molecule has 1 atom stereocenters. The Balaban J connectivity index is 1.49. The van der Waals surface area contributed by atoms with Gasteiger partial charge in [-0.25, -0.2) is 0 Å². The molecule has 4 rings (SSSR count). The molecule has 32 heavy (non-hydrogen) atoms. The second-order valence-corrected chi connectivity index (χ2v) is 8.21. The Morgan fingerprint density at radius 3 is 2.62 bits per heavy atom. The van der Waals surface area contributed by atoms with E-state index in [2.05, 4.69) is 31.4 Å². The number of anilines is 1. The van der Waals surface area contributed by atoms with Crippen molar-refractivity contribution < 1.29 is 18.0 Å². The van der Waals surface area contributed by atoms with Crippen LogP contribution in [0, 0.1) is 6.92 Å². The maximum Gasteiger partial charge on any atom is 0.436 e. The number of nitrogens with zero attached hydrogens (tertiary/aromatic N) is 4. The third kappa shape index (κ3) is 4.27. The van der Waals surface area contributed by atoms with Crippen molar-refractivity contribution in [3.63, 3.8) is 0 Å². The van der Waals surface area contributed by atoms with Gasteiger partial charge in [-0.3, -0.25) is 14.2 Å². The first kappa shape index (κ1) is 22.1. The monoisotopic (exact) mass is 505 g/mol. The summed E-state index contributed by atoms with van der Waals surface area (Å²) in [5, 5.41) is 12.8. The van der Waals surface area contributed by atoms with Crippen molar-refractivity contribution >= 4 is 38.3 Å². The van der Waals surface area contributed by atoms with Crippen LogP contribution in [-0.2, 0) is 17.5 Å². The number of halogens is 4. The summed E-state index contributed by atoms with van der Waals surface area (Å²) in [6, 6.07) is 13.1. The standard InChI is InChI=1S/C22H19BrF3N5O/c1-13-19(23)20(22(24,25)26)29-31(13)14(2)21(32)28-17-10-27-30(12-17)11-16-8-5-7-15-6-3-4-9-18(15)16/h3-10,12,14H,11H2,1-2H3,(H,28,32). The summed E-state index contributed by atoms with van der Waals surface area (Å²) >= 11 is 2.92.